The van der Waals surface area contributed by atoms with Crippen molar-refractivity contribution in [1.82, 2.24) is 15.1 Å². The summed E-state index contributed by atoms with van der Waals surface area (Å²) in [6.45, 7) is 1.37. The molecule has 0 bridgehead atoms. The molecule has 0 saturated carbocycles. The fourth-order valence-electron chi connectivity index (χ4n) is 1.52. The van der Waals surface area contributed by atoms with Gasteiger partial charge >= 0.3 is 6.03 Å². The van der Waals surface area contributed by atoms with E-state index in [1.807, 2.05) is 6.92 Å². The molecule has 0 aromatic rings. The van der Waals surface area contributed by atoms with E-state index in [9.17, 15) is 14.4 Å². The van der Waals surface area contributed by atoms with Crippen molar-refractivity contribution in [1.29, 1.82) is 0 Å². The van der Waals surface area contributed by atoms with Gasteiger partial charge < -0.3 is 15.3 Å². The molecule has 0 aromatic carbocycles. The number of hydrogen-bond acceptors (Lipinski definition) is 4. The first-order valence-electron chi connectivity index (χ1n) is 5.45. The number of nitrogens with zero attached hydrogens (tertiary/aromatic N) is 2. The third-order valence-electron chi connectivity index (χ3n) is 2.61. The number of aliphatic hydroxyl groups excluding tert-OH is 1. The Hall–Kier alpha value is -1.63. The highest BCUT2D eigenvalue weighted by atomic mass is 16.3. The van der Waals surface area contributed by atoms with E-state index in [1.54, 1.807) is 0 Å². The summed E-state index contributed by atoms with van der Waals surface area (Å²) in [7, 11) is 1.50. The van der Waals surface area contributed by atoms with E-state index in [2.05, 4.69) is 5.32 Å². The predicted octanol–water partition coefficient (Wildman–Crippen LogP) is -1.23. The molecule has 0 aromatic heterocycles. The van der Waals surface area contributed by atoms with Gasteiger partial charge in [0.15, 0.2) is 0 Å². The van der Waals surface area contributed by atoms with Crippen LogP contribution in [-0.2, 0) is 9.59 Å². The lowest BCUT2D eigenvalue weighted by molar-refractivity contribution is -0.131. The Bertz CT molecular complexity index is 328. The first kappa shape index (κ1) is 13.4. The molecule has 1 saturated heterocycles. The molecule has 1 aliphatic rings. The van der Waals surface area contributed by atoms with Crippen LogP contribution < -0.4 is 5.32 Å². The minimum Gasteiger partial charge on any atom is -0.394 e. The quantitative estimate of drug-likeness (QED) is 0.591. The number of hydrogen-bond donors (Lipinski definition) is 2. The summed E-state index contributed by atoms with van der Waals surface area (Å²) in [5, 5.41) is 11.5. The van der Waals surface area contributed by atoms with Gasteiger partial charge in [-0.1, -0.05) is 6.92 Å². The standard InChI is InChI=1S/C10H17N3O4/c1-3-7(6-14)11-8(15)4-13-9(16)5-12(2)10(13)17/h7,14H,3-6H2,1-2H3,(H,11,15). The van der Waals surface area contributed by atoms with Crippen LogP contribution in [0.4, 0.5) is 4.79 Å². The monoisotopic (exact) mass is 243 g/mol. The van der Waals surface area contributed by atoms with Crippen molar-refractivity contribution in [3.05, 3.63) is 0 Å². The number of aliphatic hydroxyl groups is 1. The van der Waals surface area contributed by atoms with E-state index in [0.29, 0.717) is 6.42 Å². The van der Waals surface area contributed by atoms with Crippen LogP contribution in [0, 0.1) is 0 Å². The van der Waals surface area contributed by atoms with E-state index in [4.69, 9.17) is 5.11 Å². The summed E-state index contributed by atoms with van der Waals surface area (Å²) < 4.78 is 0. The molecule has 0 spiro atoms. The predicted molar refractivity (Wildman–Crippen MR) is 59.0 cm³/mol. The fourth-order valence-corrected chi connectivity index (χ4v) is 1.52. The second kappa shape index (κ2) is 5.62. The second-order valence-electron chi connectivity index (χ2n) is 3.97. The first-order chi connectivity index (χ1) is 7.99. The normalized spacial score (nSPS) is 17.6. The molecule has 17 heavy (non-hydrogen) atoms. The van der Waals surface area contributed by atoms with Gasteiger partial charge in [0.05, 0.1) is 12.6 Å². The van der Waals surface area contributed by atoms with Crippen molar-refractivity contribution >= 4 is 17.8 Å². The maximum Gasteiger partial charge on any atom is 0.327 e. The summed E-state index contributed by atoms with van der Waals surface area (Å²) in [6, 6.07) is -0.810. The van der Waals surface area contributed by atoms with Crippen LogP contribution in [-0.4, -0.2) is 65.5 Å². The van der Waals surface area contributed by atoms with E-state index in [1.165, 1.54) is 11.9 Å². The summed E-state index contributed by atoms with van der Waals surface area (Å²) in [6.07, 6.45) is 0.587. The Morgan fingerprint density at radius 1 is 1.53 bits per heavy atom. The number of rotatable bonds is 5. The van der Waals surface area contributed by atoms with Crippen LogP contribution in [0.15, 0.2) is 0 Å². The van der Waals surface area contributed by atoms with Crippen LogP contribution in [0.1, 0.15) is 13.3 Å². The molecular formula is C10H17N3O4. The number of likely N-dealkylation sites (N-methyl/N-ethyl adjacent to an activating group) is 1. The van der Waals surface area contributed by atoms with Crippen molar-refractivity contribution in [2.45, 2.75) is 19.4 Å². The maximum atomic E-state index is 11.5. The van der Waals surface area contributed by atoms with Crippen molar-refractivity contribution in [3.8, 4) is 0 Å². The molecule has 1 atom stereocenters. The van der Waals surface area contributed by atoms with Crippen LogP contribution >= 0.6 is 0 Å². The van der Waals surface area contributed by atoms with Crippen molar-refractivity contribution in [2.75, 3.05) is 26.7 Å². The van der Waals surface area contributed by atoms with Gasteiger partial charge in [-0.3, -0.25) is 14.5 Å². The number of amides is 4. The SMILES string of the molecule is CCC(CO)NC(=O)CN1C(=O)CN(C)C1=O. The third kappa shape index (κ3) is 3.16. The number of nitrogens with one attached hydrogen (secondary N) is 1. The van der Waals surface area contributed by atoms with Gasteiger partial charge in [0.1, 0.15) is 13.1 Å². The minimum absolute atomic E-state index is 0.00329. The van der Waals surface area contributed by atoms with Gasteiger partial charge in [-0.25, -0.2) is 4.79 Å². The molecule has 1 fully saturated rings. The summed E-state index contributed by atoms with van der Waals surface area (Å²) >= 11 is 0. The van der Waals surface area contributed by atoms with E-state index < -0.39 is 11.9 Å². The molecule has 0 aliphatic carbocycles. The van der Waals surface area contributed by atoms with Crippen molar-refractivity contribution in [3.63, 3.8) is 0 Å². The zero-order valence-corrected chi connectivity index (χ0v) is 9.97. The van der Waals surface area contributed by atoms with Crippen molar-refractivity contribution < 1.29 is 19.5 Å². The van der Waals surface area contributed by atoms with E-state index >= 15 is 0 Å². The van der Waals surface area contributed by atoms with Crippen molar-refractivity contribution in [2.24, 2.45) is 0 Å². The van der Waals surface area contributed by atoms with Gasteiger partial charge in [0, 0.05) is 7.05 Å². The Morgan fingerprint density at radius 3 is 2.59 bits per heavy atom. The molecule has 7 heteroatoms. The van der Waals surface area contributed by atoms with Gasteiger partial charge in [0.2, 0.25) is 5.91 Å². The fraction of sp³-hybridized carbons (Fsp3) is 0.700. The molecule has 1 heterocycles. The number of urea groups is 1. The largest absolute Gasteiger partial charge is 0.394 e. The average Bonchev–Trinajstić information content (AvgIpc) is 2.53. The molecule has 0 radical (unpaired) electrons. The van der Waals surface area contributed by atoms with Gasteiger partial charge in [0.25, 0.3) is 5.91 Å². The Labute approximate surface area is 99.4 Å². The Kier molecular flexibility index (Phi) is 4.45. The smallest absolute Gasteiger partial charge is 0.327 e. The molecule has 1 unspecified atom stereocenters. The number of carbonyl (C=O) groups is 3. The highest BCUT2D eigenvalue weighted by Crippen LogP contribution is 2.07. The minimum atomic E-state index is -0.470. The molecule has 96 valence electrons. The maximum absolute atomic E-state index is 11.5. The highest BCUT2D eigenvalue weighted by molar-refractivity contribution is 6.04. The Balaban J connectivity index is 2.51. The Morgan fingerprint density at radius 2 is 2.18 bits per heavy atom. The van der Waals surface area contributed by atoms with Gasteiger partial charge in [-0.15, -0.1) is 0 Å². The van der Waals surface area contributed by atoms with Crippen LogP contribution in [0.3, 0.4) is 0 Å². The zero-order valence-electron chi connectivity index (χ0n) is 9.97. The lowest BCUT2D eigenvalue weighted by atomic mass is 10.2. The lowest BCUT2D eigenvalue weighted by Crippen LogP contribution is -2.45. The van der Waals surface area contributed by atoms with E-state index in [-0.39, 0.29) is 31.6 Å². The molecular weight excluding hydrogens is 226 g/mol. The zero-order chi connectivity index (χ0) is 13.0. The average molecular weight is 243 g/mol. The van der Waals surface area contributed by atoms with Gasteiger partial charge in [-0.2, -0.15) is 0 Å². The molecule has 1 rings (SSSR count). The first-order valence-corrected chi connectivity index (χ1v) is 5.45. The summed E-state index contributed by atoms with van der Waals surface area (Å²) in [5.41, 5.74) is 0. The summed E-state index contributed by atoms with van der Waals surface area (Å²) in [5.74, 6) is -0.826. The van der Waals surface area contributed by atoms with Crippen LogP contribution in [0.2, 0.25) is 0 Å². The van der Waals surface area contributed by atoms with E-state index in [0.717, 1.165) is 4.90 Å². The van der Waals surface area contributed by atoms with Gasteiger partial charge in [-0.05, 0) is 6.42 Å². The van der Waals surface area contributed by atoms with Crippen LogP contribution in [0.25, 0.3) is 0 Å². The molecule has 4 amide bonds. The number of imide groups is 1. The molecule has 7 nitrogen and oxygen atoms in total. The topological polar surface area (TPSA) is 89.9 Å². The lowest BCUT2D eigenvalue weighted by Gasteiger charge is -2.17. The molecule has 2 N–H and O–H groups in total. The van der Waals surface area contributed by atoms with Crippen LogP contribution in [0.5, 0.6) is 0 Å². The molecule has 1 aliphatic heterocycles. The number of carbonyl (C=O) groups excluding carboxylic acids is 3. The third-order valence-corrected chi connectivity index (χ3v) is 2.61. The highest BCUT2D eigenvalue weighted by Gasteiger charge is 2.34. The second-order valence-corrected chi connectivity index (χ2v) is 3.97. The summed E-state index contributed by atoms with van der Waals surface area (Å²) in [4.78, 5) is 36.6.